The molecule has 0 bridgehead atoms. The minimum absolute atomic E-state index is 0.0354. The highest BCUT2D eigenvalue weighted by molar-refractivity contribution is 14.1. The Hall–Kier alpha value is -2.18. The molecule has 0 fully saturated rings. The van der Waals surface area contributed by atoms with Crippen molar-refractivity contribution in [3.8, 4) is 11.8 Å². The highest BCUT2D eigenvalue weighted by Crippen LogP contribution is 2.27. The molecule has 0 radical (unpaired) electrons. The summed E-state index contributed by atoms with van der Waals surface area (Å²) in [6.45, 7) is 1.31. The van der Waals surface area contributed by atoms with Gasteiger partial charge in [0.1, 0.15) is 17.4 Å². The zero-order valence-electron chi connectivity index (χ0n) is 13.0. The van der Waals surface area contributed by atoms with E-state index in [2.05, 4.69) is 43.8 Å². The summed E-state index contributed by atoms with van der Waals surface area (Å²) in [5.74, 6) is -0.559. The number of anilines is 1. The van der Waals surface area contributed by atoms with Gasteiger partial charge in [-0.25, -0.2) is 0 Å². The summed E-state index contributed by atoms with van der Waals surface area (Å²) >= 11 is 5.40. The molecule has 0 spiro atoms. The van der Waals surface area contributed by atoms with Crippen molar-refractivity contribution in [2.75, 3.05) is 5.32 Å². The van der Waals surface area contributed by atoms with E-state index in [9.17, 15) is 14.9 Å². The second kappa shape index (κ2) is 8.78. The SMILES string of the molecule is CC(=O)Oc1ccc(/C=C(/C#N)C(=O)Nc2ccccc2I)cc1Br. The van der Waals surface area contributed by atoms with Crippen molar-refractivity contribution in [2.45, 2.75) is 6.92 Å². The largest absolute Gasteiger partial charge is 0.426 e. The molecule has 0 atom stereocenters. The highest BCUT2D eigenvalue weighted by Gasteiger charge is 2.12. The predicted octanol–water partition coefficient (Wildman–Crippen LogP) is 4.52. The van der Waals surface area contributed by atoms with Crippen molar-refractivity contribution >= 4 is 62.2 Å². The number of hydrogen-bond donors (Lipinski definition) is 1. The molecule has 25 heavy (non-hydrogen) atoms. The Balaban J connectivity index is 2.24. The van der Waals surface area contributed by atoms with Crippen LogP contribution in [0, 0.1) is 14.9 Å². The minimum atomic E-state index is -0.494. The molecule has 1 N–H and O–H groups in total. The van der Waals surface area contributed by atoms with Crippen molar-refractivity contribution in [3.05, 3.63) is 61.6 Å². The van der Waals surface area contributed by atoms with Crippen LogP contribution in [-0.4, -0.2) is 11.9 Å². The van der Waals surface area contributed by atoms with Gasteiger partial charge in [0.2, 0.25) is 0 Å². The van der Waals surface area contributed by atoms with Gasteiger partial charge in [0, 0.05) is 10.5 Å². The third-order valence-electron chi connectivity index (χ3n) is 3.01. The molecule has 0 saturated carbocycles. The molecule has 1 amide bonds. The second-order valence-electron chi connectivity index (χ2n) is 4.89. The number of carbonyl (C=O) groups excluding carboxylic acids is 2. The summed E-state index contributed by atoms with van der Waals surface area (Å²) < 4.78 is 6.44. The standard InChI is InChI=1S/C18H12BrIN2O3/c1-11(23)25-17-7-6-12(9-14(17)19)8-13(10-21)18(24)22-16-5-3-2-4-15(16)20/h2-9H,1H3,(H,22,24)/b13-8-. The number of rotatable bonds is 4. The Labute approximate surface area is 166 Å². The number of para-hydroxylation sites is 1. The number of nitriles is 1. The van der Waals surface area contributed by atoms with E-state index in [1.165, 1.54) is 13.0 Å². The fourth-order valence-electron chi connectivity index (χ4n) is 1.91. The third-order valence-corrected chi connectivity index (χ3v) is 4.57. The first-order valence-corrected chi connectivity index (χ1v) is 8.93. The van der Waals surface area contributed by atoms with E-state index in [4.69, 9.17) is 4.74 Å². The molecule has 0 aromatic heterocycles. The lowest BCUT2D eigenvalue weighted by molar-refractivity contribution is -0.131. The lowest BCUT2D eigenvalue weighted by Crippen LogP contribution is -2.14. The molecular formula is C18H12BrIN2O3. The Morgan fingerprint density at radius 2 is 2.00 bits per heavy atom. The molecule has 0 aliphatic carbocycles. The number of nitrogens with zero attached hydrogens (tertiary/aromatic N) is 1. The number of amides is 1. The first kappa shape index (κ1) is 19.1. The Morgan fingerprint density at radius 3 is 2.60 bits per heavy atom. The van der Waals surface area contributed by atoms with Crippen LogP contribution in [0.15, 0.2) is 52.5 Å². The van der Waals surface area contributed by atoms with Crippen LogP contribution >= 0.6 is 38.5 Å². The summed E-state index contributed by atoms with van der Waals surface area (Å²) in [5, 5.41) is 12.0. The maximum absolute atomic E-state index is 12.3. The van der Waals surface area contributed by atoms with Gasteiger partial charge in [-0.1, -0.05) is 18.2 Å². The smallest absolute Gasteiger partial charge is 0.308 e. The number of hydrogen-bond acceptors (Lipinski definition) is 4. The second-order valence-corrected chi connectivity index (χ2v) is 6.90. The van der Waals surface area contributed by atoms with Gasteiger partial charge < -0.3 is 10.1 Å². The number of benzene rings is 2. The lowest BCUT2D eigenvalue weighted by atomic mass is 10.1. The van der Waals surface area contributed by atoms with E-state index in [1.54, 1.807) is 30.3 Å². The Kier molecular flexibility index (Phi) is 6.73. The molecule has 0 unspecified atom stereocenters. The van der Waals surface area contributed by atoms with Crippen molar-refractivity contribution in [1.29, 1.82) is 5.26 Å². The van der Waals surface area contributed by atoms with Gasteiger partial charge in [0.15, 0.2) is 0 Å². The normalized spacial score (nSPS) is 10.7. The van der Waals surface area contributed by atoms with Crippen LogP contribution in [0.5, 0.6) is 5.75 Å². The summed E-state index contributed by atoms with van der Waals surface area (Å²) in [5.41, 5.74) is 1.23. The van der Waals surface area contributed by atoms with Gasteiger partial charge in [0.05, 0.1) is 10.2 Å². The predicted molar refractivity (Wildman–Crippen MR) is 107 cm³/mol. The summed E-state index contributed by atoms with van der Waals surface area (Å²) in [6.07, 6.45) is 1.47. The van der Waals surface area contributed by atoms with Gasteiger partial charge in [-0.15, -0.1) is 0 Å². The molecule has 0 heterocycles. The summed E-state index contributed by atoms with van der Waals surface area (Å²) in [4.78, 5) is 23.3. The van der Waals surface area contributed by atoms with Crippen molar-refractivity contribution in [2.24, 2.45) is 0 Å². The quantitative estimate of drug-likeness (QED) is 0.215. The molecular weight excluding hydrogens is 499 g/mol. The van der Waals surface area contributed by atoms with Crippen LogP contribution in [0.25, 0.3) is 6.08 Å². The molecule has 7 heteroatoms. The van der Waals surface area contributed by atoms with Crippen LogP contribution in [0.3, 0.4) is 0 Å². The Bertz CT molecular complexity index is 903. The lowest BCUT2D eigenvalue weighted by Gasteiger charge is -2.07. The number of halogens is 2. The topological polar surface area (TPSA) is 79.2 Å². The molecule has 0 aliphatic rings. The van der Waals surface area contributed by atoms with Crippen molar-refractivity contribution in [3.63, 3.8) is 0 Å². The summed E-state index contributed by atoms with van der Waals surface area (Å²) in [7, 11) is 0. The van der Waals surface area contributed by atoms with Gasteiger partial charge in [-0.05, 0) is 74.4 Å². The fraction of sp³-hybridized carbons (Fsp3) is 0.0556. The number of nitrogens with one attached hydrogen (secondary N) is 1. The van der Waals surface area contributed by atoms with E-state index in [-0.39, 0.29) is 5.57 Å². The molecule has 2 aromatic rings. The third kappa shape index (κ3) is 5.41. The fourth-order valence-corrected chi connectivity index (χ4v) is 2.91. The number of carbonyl (C=O) groups is 2. The average molecular weight is 511 g/mol. The van der Waals surface area contributed by atoms with Gasteiger partial charge in [0.25, 0.3) is 5.91 Å². The molecule has 2 aromatic carbocycles. The van der Waals surface area contributed by atoms with Crippen molar-refractivity contribution < 1.29 is 14.3 Å². The van der Waals surface area contributed by atoms with Gasteiger partial charge in [-0.2, -0.15) is 5.26 Å². The van der Waals surface area contributed by atoms with Gasteiger partial charge >= 0.3 is 5.97 Å². The van der Waals surface area contributed by atoms with Crippen LogP contribution in [0.1, 0.15) is 12.5 Å². The minimum Gasteiger partial charge on any atom is -0.426 e. The first-order valence-electron chi connectivity index (χ1n) is 7.06. The zero-order valence-corrected chi connectivity index (χ0v) is 16.8. The van der Waals surface area contributed by atoms with Crippen molar-refractivity contribution in [1.82, 2.24) is 0 Å². The molecule has 126 valence electrons. The number of esters is 1. The van der Waals surface area contributed by atoms with Crippen LogP contribution < -0.4 is 10.1 Å². The summed E-state index contributed by atoms with van der Waals surface area (Å²) in [6, 6.07) is 14.1. The average Bonchev–Trinajstić information content (AvgIpc) is 2.56. The number of ether oxygens (including phenoxy) is 1. The monoisotopic (exact) mass is 510 g/mol. The van der Waals surface area contributed by atoms with E-state index in [0.29, 0.717) is 21.5 Å². The van der Waals surface area contributed by atoms with Crippen LogP contribution in [0.4, 0.5) is 5.69 Å². The van der Waals surface area contributed by atoms with Crippen LogP contribution in [0.2, 0.25) is 0 Å². The zero-order chi connectivity index (χ0) is 18.4. The maximum atomic E-state index is 12.3. The molecule has 2 rings (SSSR count). The van der Waals surface area contributed by atoms with E-state index in [0.717, 1.165) is 3.57 Å². The maximum Gasteiger partial charge on any atom is 0.308 e. The molecule has 5 nitrogen and oxygen atoms in total. The highest BCUT2D eigenvalue weighted by atomic mass is 127. The van der Waals surface area contributed by atoms with E-state index < -0.39 is 11.9 Å². The Morgan fingerprint density at radius 1 is 1.28 bits per heavy atom. The van der Waals surface area contributed by atoms with Crippen LogP contribution in [-0.2, 0) is 9.59 Å². The van der Waals surface area contributed by atoms with E-state index in [1.807, 2.05) is 18.2 Å². The van der Waals surface area contributed by atoms with E-state index >= 15 is 0 Å². The first-order chi connectivity index (χ1) is 11.9. The van der Waals surface area contributed by atoms with Gasteiger partial charge in [-0.3, -0.25) is 9.59 Å². The molecule has 0 aliphatic heterocycles. The molecule has 0 saturated heterocycles.